The maximum atomic E-state index is 12.2. The molecule has 2 saturated heterocycles. The Morgan fingerprint density at radius 2 is 1.91 bits per heavy atom. The van der Waals surface area contributed by atoms with Crippen molar-refractivity contribution in [2.24, 2.45) is 0 Å². The lowest BCUT2D eigenvalue weighted by Crippen LogP contribution is -2.64. The molecule has 0 aromatic heterocycles. The number of carbonyl (C=O) groups excluding carboxylic acids is 1. The fourth-order valence-corrected chi connectivity index (χ4v) is 3.18. The molecule has 120 valence electrons. The molecule has 2 heterocycles. The van der Waals surface area contributed by atoms with Crippen LogP contribution in [-0.4, -0.2) is 79.6 Å². The number of piperazine rings is 2. The van der Waals surface area contributed by atoms with Crippen LogP contribution in [0, 0.1) is 0 Å². The molecule has 1 aromatic rings. The summed E-state index contributed by atoms with van der Waals surface area (Å²) in [6, 6.07) is 10.3. The van der Waals surface area contributed by atoms with Crippen LogP contribution in [0.5, 0.6) is 0 Å². The molecular formula is C17H25N3O2. The van der Waals surface area contributed by atoms with Crippen molar-refractivity contribution in [1.29, 1.82) is 0 Å². The Morgan fingerprint density at radius 3 is 2.73 bits per heavy atom. The molecule has 1 aromatic carbocycles. The van der Waals surface area contributed by atoms with Crippen LogP contribution in [0.15, 0.2) is 30.3 Å². The van der Waals surface area contributed by atoms with Crippen LogP contribution >= 0.6 is 0 Å². The number of ether oxygens (including phenoxy) is 1. The van der Waals surface area contributed by atoms with Crippen LogP contribution in [0.25, 0.3) is 0 Å². The summed E-state index contributed by atoms with van der Waals surface area (Å²) >= 11 is 0. The molecule has 0 radical (unpaired) electrons. The van der Waals surface area contributed by atoms with Gasteiger partial charge in [0.25, 0.3) is 0 Å². The largest absolute Gasteiger partial charge is 0.375 e. The van der Waals surface area contributed by atoms with Crippen molar-refractivity contribution < 1.29 is 9.53 Å². The topological polar surface area (TPSA) is 36.0 Å². The van der Waals surface area contributed by atoms with Crippen molar-refractivity contribution >= 4 is 5.91 Å². The minimum Gasteiger partial charge on any atom is -0.375 e. The number of hydrogen-bond acceptors (Lipinski definition) is 4. The molecule has 0 spiro atoms. The van der Waals surface area contributed by atoms with E-state index >= 15 is 0 Å². The zero-order valence-electron chi connectivity index (χ0n) is 13.3. The highest BCUT2D eigenvalue weighted by molar-refractivity contribution is 5.82. The first-order valence-corrected chi connectivity index (χ1v) is 8.07. The second kappa shape index (κ2) is 7.22. The summed E-state index contributed by atoms with van der Waals surface area (Å²) in [5, 5.41) is 0. The summed E-state index contributed by atoms with van der Waals surface area (Å²) < 4.78 is 5.76. The quantitative estimate of drug-likeness (QED) is 0.749. The number of hydrogen-bond donors (Lipinski definition) is 0. The zero-order chi connectivity index (χ0) is 15.4. The number of carbonyl (C=O) groups is 1. The van der Waals surface area contributed by atoms with E-state index in [1.807, 2.05) is 30.1 Å². The van der Waals surface area contributed by atoms with E-state index in [1.165, 1.54) is 5.56 Å². The smallest absolute Gasteiger partial charge is 0.241 e. The summed E-state index contributed by atoms with van der Waals surface area (Å²) in [6.07, 6.45) is 0. The van der Waals surface area contributed by atoms with Crippen molar-refractivity contribution in [3.8, 4) is 0 Å². The lowest BCUT2D eigenvalue weighted by Gasteiger charge is -2.45. The second-order valence-electron chi connectivity index (χ2n) is 6.15. The van der Waals surface area contributed by atoms with Gasteiger partial charge in [-0.25, -0.2) is 0 Å². The summed E-state index contributed by atoms with van der Waals surface area (Å²) in [6.45, 7) is 6.98. The van der Waals surface area contributed by atoms with Gasteiger partial charge in [0.2, 0.25) is 5.91 Å². The Balaban J connectivity index is 1.41. The highest BCUT2D eigenvalue weighted by Crippen LogP contribution is 2.15. The van der Waals surface area contributed by atoms with Crippen molar-refractivity contribution in [2.45, 2.75) is 12.6 Å². The van der Waals surface area contributed by atoms with Crippen molar-refractivity contribution in [3.63, 3.8) is 0 Å². The summed E-state index contributed by atoms with van der Waals surface area (Å²) in [4.78, 5) is 18.8. The van der Waals surface area contributed by atoms with Crippen molar-refractivity contribution in [2.75, 3.05) is 52.9 Å². The van der Waals surface area contributed by atoms with E-state index in [1.54, 1.807) is 0 Å². The molecule has 0 saturated carbocycles. The maximum Gasteiger partial charge on any atom is 0.241 e. The van der Waals surface area contributed by atoms with Gasteiger partial charge in [-0.3, -0.25) is 14.6 Å². The van der Waals surface area contributed by atoms with Gasteiger partial charge in [0.15, 0.2) is 0 Å². The molecule has 0 N–H and O–H groups in total. The average molecular weight is 303 g/mol. The van der Waals surface area contributed by atoms with Gasteiger partial charge in [0.1, 0.15) is 6.04 Å². The minimum atomic E-state index is 0.0432. The summed E-state index contributed by atoms with van der Waals surface area (Å²) in [5.41, 5.74) is 1.21. The average Bonchev–Trinajstić information content (AvgIpc) is 2.56. The van der Waals surface area contributed by atoms with E-state index in [9.17, 15) is 4.79 Å². The third-order valence-corrected chi connectivity index (χ3v) is 4.62. The lowest BCUT2D eigenvalue weighted by molar-refractivity contribution is -0.143. The Morgan fingerprint density at radius 1 is 1.14 bits per heavy atom. The third-order valence-electron chi connectivity index (χ3n) is 4.62. The first-order chi connectivity index (χ1) is 10.7. The SMILES string of the molecule is CN1CCN2CCN(CCOCc3ccccc3)C[C@H]2C1=O. The molecule has 22 heavy (non-hydrogen) atoms. The zero-order valence-corrected chi connectivity index (χ0v) is 13.3. The minimum absolute atomic E-state index is 0.0432. The fraction of sp³-hybridized carbons (Fsp3) is 0.588. The number of nitrogens with zero attached hydrogens (tertiary/aromatic N) is 3. The molecule has 5 nitrogen and oxygen atoms in total. The van der Waals surface area contributed by atoms with Gasteiger partial charge in [-0.05, 0) is 5.56 Å². The normalized spacial score (nSPS) is 23.6. The van der Waals surface area contributed by atoms with Crippen molar-refractivity contribution in [1.82, 2.24) is 14.7 Å². The van der Waals surface area contributed by atoms with Gasteiger partial charge >= 0.3 is 0 Å². The molecule has 2 aliphatic rings. The molecule has 1 atom stereocenters. The first-order valence-electron chi connectivity index (χ1n) is 8.07. The third kappa shape index (κ3) is 3.66. The molecule has 2 fully saturated rings. The molecular weight excluding hydrogens is 278 g/mol. The van der Waals surface area contributed by atoms with E-state index in [4.69, 9.17) is 4.74 Å². The van der Waals surface area contributed by atoms with Crippen LogP contribution in [0.1, 0.15) is 5.56 Å². The molecule has 1 amide bonds. The van der Waals surface area contributed by atoms with E-state index in [0.29, 0.717) is 13.2 Å². The predicted octanol–water partition coefficient (Wildman–Crippen LogP) is 0.661. The highest BCUT2D eigenvalue weighted by Gasteiger charge is 2.36. The van der Waals surface area contributed by atoms with Crippen molar-refractivity contribution in [3.05, 3.63) is 35.9 Å². The van der Waals surface area contributed by atoms with Crippen LogP contribution in [-0.2, 0) is 16.1 Å². The molecule has 0 unspecified atom stereocenters. The van der Waals surface area contributed by atoms with Gasteiger partial charge < -0.3 is 9.64 Å². The van der Waals surface area contributed by atoms with Crippen LogP contribution in [0.2, 0.25) is 0 Å². The summed E-state index contributed by atoms with van der Waals surface area (Å²) in [7, 11) is 1.90. The monoisotopic (exact) mass is 303 g/mol. The van der Waals surface area contributed by atoms with Gasteiger partial charge in [0.05, 0.1) is 13.2 Å². The molecule has 3 rings (SSSR count). The Hall–Kier alpha value is -1.43. The van der Waals surface area contributed by atoms with Crippen LogP contribution in [0.3, 0.4) is 0 Å². The second-order valence-corrected chi connectivity index (χ2v) is 6.15. The number of amides is 1. The molecule has 0 bridgehead atoms. The van der Waals surface area contributed by atoms with E-state index in [-0.39, 0.29) is 11.9 Å². The first kappa shape index (κ1) is 15.5. The number of fused-ring (bicyclic) bond motifs is 1. The van der Waals surface area contributed by atoms with E-state index in [0.717, 1.165) is 39.3 Å². The molecule has 0 aliphatic carbocycles. The van der Waals surface area contributed by atoms with Gasteiger partial charge in [-0.2, -0.15) is 0 Å². The maximum absolute atomic E-state index is 12.2. The number of likely N-dealkylation sites (N-methyl/N-ethyl adjacent to an activating group) is 1. The Kier molecular flexibility index (Phi) is 5.08. The van der Waals surface area contributed by atoms with Gasteiger partial charge in [-0.15, -0.1) is 0 Å². The lowest BCUT2D eigenvalue weighted by atomic mass is 10.1. The molecule has 5 heteroatoms. The van der Waals surface area contributed by atoms with Gasteiger partial charge in [0, 0.05) is 46.3 Å². The van der Waals surface area contributed by atoms with Crippen LogP contribution < -0.4 is 0 Å². The Labute approximate surface area is 132 Å². The fourth-order valence-electron chi connectivity index (χ4n) is 3.18. The summed E-state index contributed by atoms with van der Waals surface area (Å²) in [5.74, 6) is 0.265. The van der Waals surface area contributed by atoms with E-state index in [2.05, 4.69) is 21.9 Å². The highest BCUT2D eigenvalue weighted by atomic mass is 16.5. The van der Waals surface area contributed by atoms with E-state index < -0.39 is 0 Å². The Bertz CT molecular complexity index is 494. The van der Waals surface area contributed by atoms with Crippen LogP contribution in [0.4, 0.5) is 0 Å². The predicted molar refractivity (Wildman–Crippen MR) is 85.5 cm³/mol. The number of benzene rings is 1. The van der Waals surface area contributed by atoms with Gasteiger partial charge in [-0.1, -0.05) is 30.3 Å². The standard InChI is InChI=1S/C17H25N3O2/c1-18-7-9-20-10-8-19(13-16(20)17(18)21)11-12-22-14-15-5-3-2-4-6-15/h2-6,16H,7-14H2,1H3/t16-/m0/s1. The number of rotatable bonds is 5. The molecule has 2 aliphatic heterocycles.